The van der Waals surface area contributed by atoms with Crippen molar-refractivity contribution in [2.24, 2.45) is 7.05 Å². The summed E-state index contributed by atoms with van der Waals surface area (Å²) < 4.78 is 6.93. The van der Waals surface area contributed by atoms with Gasteiger partial charge in [-0.15, -0.1) is 0 Å². The molecule has 20 heavy (non-hydrogen) atoms. The molecule has 1 unspecified atom stereocenters. The minimum Gasteiger partial charge on any atom is -0.478 e. The Balaban J connectivity index is 1.85. The van der Waals surface area contributed by atoms with Crippen LogP contribution in [0.15, 0.2) is 6.20 Å². The van der Waals surface area contributed by atoms with Crippen molar-refractivity contribution in [3.05, 3.63) is 17.5 Å². The number of carboxylic acid groups (broad SMARTS) is 1. The molecule has 2 rings (SSSR count). The van der Waals surface area contributed by atoms with Crippen LogP contribution in [0.4, 0.5) is 0 Å². The van der Waals surface area contributed by atoms with E-state index < -0.39 is 5.97 Å². The second-order valence-electron chi connectivity index (χ2n) is 5.13. The van der Waals surface area contributed by atoms with Crippen LogP contribution >= 0.6 is 0 Å². The van der Waals surface area contributed by atoms with Crippen molar-refractivity contribution in [1.82, 2.24) is 20.0 Å². The Kier molecular flexibility index (Phi) is 5.11. The quantitative estimate of drug-likeness (QED) is 0.760. The standard InChI is InChI=1S/C13H22N4O3/c1-10(9-17-3-5-20-6-4-17)14-8-12-11(13(18)19)7-15-16(12)2/h7,10,14H,3-6,8-9H2,1-2H3,(H,18,19). The fourth-order valence-corrected chi connectivity index (χ4v) is 2.36. The smallest absolute Gasteiger partial charge is 0.339 e. The van der Waals surface area contributed by atoms with Gasteiger partial charge in [0.05, 0.1) is 25.1 Å². The minimum atomic E-state index is -0.935. The van der Waals surface area contributed by atoms with Gasteiger partial charge in [-0.05, 0) is 6.92 Å². The Morgan fingerprint density at radius 3 is 2.90 bits per heavy atom. The fourth-order valence-electron chi connectivity index (χ4n) is 2.36. The number of nitrogens with zero attached hydrogens (tertiary/aromatic N) is 3. The number of aryl methyl sites for hydroxylation is 1. The maximum atomic E-state index is 11.1. The lowest BCUT2D eigenvalue weighted by molar-refractivity contribution is 0.0343. The van der Waals surface area contributed by atoms with Crippen LogP contribution < -0.4 is 5.32 Å². The van der Waals surface area contributed by atoms with E-state index in [2.05, 4.69) is 22.2 Å². The molecule has 0 spiro atoms. The van der Waals surface area contributed by atoms with Gasteiger partial charge in [0.15, 0.2) is 0 Å². The highest BCUT2D eigenvalue weighted by Crippen LogP contribution is 2.08. The third-order valence-electron chi connectivity index (χ3n) is 3.55. The summed E-state index contributed by atoms with van der Waals surface area (Å²) in [6.07, 6.45) is 1.39. The first-order chi connectivity index (χ1) is 9.58. The molecule has 1 aliphatic heterocycles. The van der Waals surface area contributed by atoms with Crippen molar-refractivity contribution in [2.45, 2.75) is 19.5 Å². The van der Waals surface area contributed by atoms with Gasteiger partial charge in [0.25, 0.3) is 0 Å². The van der Waals surface area contributed by atoms with Gasteiger partial charge in [0.2, 0.25) is 0 Å². The monoisotopic (exact) mass is 282 g/mol. The van der Waals surface area contributed by atoms with Crippen molar-refractivity contribution >= 4 is 5.97 Å². The first-order valence-electron chi connectivity index (χ1n) is 6.85. The second kappa shape index (κ2) is 6.83. The van der Waals surface area contributed by atoms with Crippen molar-refractivity contribution in [1.29, 1.82) is 0 Å². The summed E-state index contributed by atoms with van der Waals surface area (Å²) in [7, 11) is 1.76. The lowest BCUT2D eigenvalue weighted by atomic mass is 10.2. The summed E-state index contributed by atoms with van der Waals surface area (Å²) in [5, 5.41) is 16.5. The molecule has 1 aromatic rings. The molecule has 1 fully saturated rings. The summed E-state index contributed by atoms with van der Waals surface area (Å²) in [6, 6.07) is 0.282. The number of carboxylic acids is 1. The van der Waals surface area contributed by atoms with E-state index in [0.29, 0.717) is 12.2 Å². The van der Waals surface area contributed by atoms with Crippen LogP contribution in [-0.2, 0) is 18.3 Å². The second-order valence-corrected chi connectivity index (χ2v) is 5.13. The molecule has 0 aliphatic carbocycles. The lowest BCUT2D eigenvalue weighted by Gasteiger charge is -2.29. The van der Waals surface area contributed by atoms with Crippen LogP contribution in [0, 0.1) is 0 Å². The molecular weight excluding hydrogens is 260 g/mol. The summed E-state index contributed by atoms with van der Waals surface area (Å²) >= 11 is 0. The van der Waals surface area contributed by atoms with E-state index in [9.17, 15) is 4.79 Å². The van der Waals surface area contributed by atoms with Crippen LogP contribution in [0.25, 0.3) is 0 Å². The molecule has 0 saturated carbocycles. The van der Waals surface area contributed by atoms with E-state index in [1.807, 2.05) is 0 Å². The predicted molar refractivity (Wildman–Crippen MR) is 73.7 cm³/mol. The normalized spacial score (nSPS) is 18.1. The molecule has 0 radical (unpaired) electrons. The van der Waals surface area contributed by atoms with Crippen LogP contribution in [0.1, 0.15) is 23.0 Å². The zero-order valence-corrected chi connectivity index (χ0v) is 12.0. The number of carbonyl (C=O) groups is 1. The Bertz CT molecular complexity index is 454. The van der Waals surface area contributed by atoms with Crippen LogP contribution in [0.3, 0.4) is 0 Å². The van der Waals surface area contributed by atoms with E-state index in [4.69, 9.17) is 9.84 Å². The maximum absolute atomic E-state index is 11.1. The highest BCUT2D eigenvalue weighted by molar-refractivity contribution is 5.88. The van der Waals surface area contributed by atoms with Crippen molar-refractivity contribution in [3.8, 4) is 0 Å². The summed E-state index contributed by atoms with van der Waals surface area (Å²) in [6.45, 7) is 7.03. The molecule has 2 heterocycles. The molecule has 0 aromatic carbocycles. The summed E-state index contributed by atoms with van der Waals surface area (Å²) in [5.74, 6) is -0.935. The highest BCUT2D eigenvalue weighted by Gasteiger charge is 2.17. The van der Waals surface area contributed by atoms with E-state index in [1.165, 1.54) is 6.20 Å². The van der Waals surface area contributed by atoms with Gasteiger partial charge in [0, 0.05) is 39.3 Å². The van der Waals surface area contributed by atoms with Crippen molar-refractivity contribution in [3.63, 3.8) is 0 Å². The topological polar surface area (TPSA) is 79.6 Å². The highest BCUT2D eigenvalue weighted by atomic mass is 16.5. The SMILES string of the molecule is CC(CN1CCOCC1)NCc1c(C(=O)O)cnn1C. The number of aromatic carboxylic acids is 1. The number of hydrogen-bond acceptors (Lipinski definition) is 5. The number of morpholine rings is 1. The molecule has 0 bridgehead atoms. The number of nitrogens with one attached hydrogen (secondary N) is 1. The maximum Gasteiger partial charge on any atom is 0.339 e. The molecule has 1 aromatic heterocycles. The zero-order chi connectivity index (χ0) is 14.5. The Morgan fingerprint density at radius 1 is 1.55 bits per heavy atom. The molecule has 1 aliphatic rings. The van der Waals surface area contributed by atoms with E-state index in [0.717, 1.165) is 32.8 Å². The number of hydrogen-bond donors (Lipinski definition) is 2. The van der Waals surface area contributed by atoms with Crippen LogP contribution in [0.5, 0.6) is 0 Å². The Morgan fingerprint density at radius 2 is 2.25 bits per heavy atom. The molecular formula is C13H22N4O3. The van der Waals surface area contributed by atoms with Crippen LogP contribution in [0.2, 0.25) is 0 Å². The van der Waals surface area contributed by atoms with Gasteiger partial charge in [-0.1, -0.05) is 0 Å². The predicted octanol–water partition coefficient (Wildman–Crippen LogP) is -0.0714. The van der Waals surface area contributed by atoms with Gasteiger partial charge in [-0.3, -0.25) is 9.58 Å². The zero-order valence-electron chi connectivity index (χ0n) is 12.0. The number of ether oxygens (including phenoxy) is 1. The van der Waals surface area contributed by atoms with Gasteiger partial charge in [0.1, 0.15) is 5.56 Å². The number of rotatable bonds is 6. The average Bonchev–Trinajstić information content (AvgIpc) is 2.79. The first-order valence-corrected chi connectivity index (χ1v) is 6.85. The van der Waals surface area contributed by atoms with E-state index in [-0.39, 0.29) is 11.6 Å². The number of aromatic nitrogens is 2. The van der Waals surface area contributed by atoms with Crippen LogP contribution in [-0.4, -0.2) is 64.6 Å². The molecule has 7 nitrogen and oxygen atoms in total. The van der Waals surface area contributed by atoms with E-state index in [1.54, 1.807) is 11.7 Å². The third-order valence-corrected chi connectivity index (χ3v) is 3.55. The van der Waals surface area contributed by atoms with Gasteiger partial charge < -0.3 is 15.2 Å². The Labute approximate surface area is 118 Å². The van der Waals surface area contributed by atoms with Crippen molar-refractivity contribution in [2.75, 3.05) is 32.8 Å². The average molecular weight is 282 g/mol. The molecule has 2 N–H and O–H groups in total. The van der Waals surface area contributed by atoms with Crippen molar-refractivity contribution < 1.29 is 14.6 Å². The minimum absolute atomic E-state index is 0.263. The lowest BCUT2D eigenvalue weighted by Crippen LogP contribution is -2.44. The molecule has 1 atom stereocenters. The Hall–Kier alpha value is -1.44. The molecule has 7 heteroatoms. The van der Waals surface area contributed by atoms with Gasteiger partial charge in [-0.2, -0.15) is 5.10 Å². The van der Waals surface area contributed by atoms with Gasteiger partial charge in [-0.25, -0.2) is 4.79 Å². The van der Waals surface area contributed by atoms with E-state index >= 15 is 0 Å². The molecule has 1 saturated heterocycles. The summed E-state index contributed by atoms with van der Waals surface area (Å²) in [5.41, 5.74) is 0.963. The van der Waals surface area contributed by atoms with Gasteiger partial charge >= 0.3 is 5.97 Å². The molecule has 112 valence electrons. The largest absolute Gasteiger partial charge is 0.478 e. The third kappa shape index (κ3) is 3.78. The fraction of sp³-hybridized carbons (Fsp3) is 0.692. The summed E-state index contributed by atoms with van der Waals surface area (Å²) in [4.78, 5) is 13.4. The molecule has 0 amide bonds. The first kappa shape index (κ1) is 15.0.